The number of unbranched alkanes of at least 4 members (excludes halogenated alkanes) is 2. The van der Waals surface area contributed by atoms with Gasteiger partial charge >= 0.3 is 0 Å². The number of aromatic nitrogens is 1. The lowest BCUT2D eigenvalue weighted by Crippen LogP contribution is -2.32. The van der Waals surface area contributed by atoms with E-state index in [1.54, 1.807) is 18.1 Å². The molecule has 1 heterocycles. The second kappa shape index (κ2) is 11.5. The highest BCUT2D eigenvalue weighted by molar-refractivity contribution is 6.32. The first-order chi connectivity index (χ1) is 15.9. The standard InChI is InChI=1S/C25H28ClN3O4/c1-3-4-5-13-28(25(30)20-11-12-23(26)24(16-20)29(31)32)18-21-9-7-14-27(21)17-19-8-6-10-22(15-19)33-2/h6-12,14-16H,3-5,13,17-18H2,1-2H3. The third-order valence-electron chi connectivity index (χ3n) is 5.47. The van der Waals surface area contributed by atoms with E-state index in [1.807, 2.05) is 42.6 Å². The van der Waals surface area contributed by atoms with Gasteiger partial charge in [0.05, 0.1) is 18.6 Å². The molecular formula is C25H28ClN3O4. The minimum absolute atomic E-state index is 0.0150. The first kappa shape index (κ1) is 24.3. The Morgan fingerprint density at radius 3 is 2.70 bits per heavy atom. The van der Waals surface area contributed by atoms with Gasteiger partial charge in [0.25, 0.3) is 11.6 Å². The SMILES string of the molecule is CCCCCN(Cc1cccn1Cc1cccc(OC)c1)C(=O)c1ccc(Cl)c([N+](=O)[O-])c1. The first-order valence-corrected chi connectivity index (χ1v) is 11.3. The summed E-state index contributed by atoms with van der Waals surface area (Å²) in [4.78, 5) is 25.8. The zero-order valence-corrected chi connectivity index (χ0v) is 19.6. The average molecular weight is 470 g/mol. The van der Waals surface area contributed by atoms with Crippen molar-refractivity contribution < 1.29 is 14.5 Å². The molecule has 174 valence electrons. The number of halogens is 1. The molecule has 0 fully saturated rings. The average Bonchev–Trinajstić information content (AvgIpc) is 3.24. The fourth-order valence-corrected chi connectivity index (χ4v) is 3.87. The lowest BCUT2D eigenvalue weighted by Gasteiger charge is -2.24. The van der Waals surface area contributed by atoms with Crippen LogP contribution in [0.2, 0.25) is 5.02 Å². The molecule has 0 aliphatic rings. The van der Waals surface area contributed by atoms with E-state index >= 15 is 0 Å². The summed E-state index contributed by atoms with van der Waals surface area (Å²) in [5.74, 6) is 0.543. The van der Waals surface area contributed by atoms with Gasteiger partial charge in [-0.2, -0.15) is 0 Å². The van der Waals surface area contributed by atoms with Gasteiger partial charge < -0.3 is 14.2 Å². The number of amides is 1. The molecule has 7 nitrogen and oxygen atoms in total. The van der Waals surface area contributed by atoms with E-state index in [0.717, 1.165) is 36.3 Å². The summed E-state index contributed by atoms with van der Waals surface area (Å²) in [5.41, 5.74) is 2.06. The Balaban J connectivity index is 1.84. The van der Waals surface area contributed by atoms with Crippen molar-refractivity contribution in [3.05, 3.63) is 92.8 Å². The van der Waals surface area contributed by atoms with Crippen LogP contribution in [0.3, 0.4) is 0 Å². The van der Waals surface area contributed by atoms with Crippen LogP contribution >= 0.6 is 11.6 Å². The van der Waals surface area contributed by atoms with E-state index in [1.165, 1.54) is 12.1 Å². The van der Waals surface area contributed by atoms with Gasteiger partial charge in [0.1, 0.15) is 10.8 Å². The number of rotatable bonds is 11. The van der Waals surface area contributed by atoms with Crippen molar-refractivity contribution in [2.75, 3.05) is 13.7 Å². The number of benzene rings is 2. The molecule has 2 aromatic carbocycles. The van der Waals surface area contributed by atoms with Crippen LogP contribution in [0.4, 0.5) is 5.69 Å². The molecule has 1 amide bonds. The molecule has 0 N–H and O–H groups in total. The monoisotopic (exact) mass is 469 g/mol. The number of carbonyl (C=O) groups excluding carboxylic acids is 1. The largest absolute Gasteiger partial charge is 0.497 e. The van der Waals surface area contributed by atoms with Crippen molar-refractivity contribution in [1.29, 1.82) is 0 Å². The number of methoxy groups -OCH3 is 1. The van der Waals surface area contributed by atoms with Crippen LogP contribution in [0.25, 0.3) is 0 Å². The fraction of sp³-hybridized carbons (Fsp3) is 0.320. The molecule has 3 rings (SSSR count). The van der Waals surface area contributed by atoms with Crippen LogP contribution in [0, 0.1) is 10.1 Å². The van der Waals surface area contributed by atoms with Crippen LogP contribution in [0.5, 0.6) is 5.75 Å². The lowest BCUT2D eigenvalue weighted by molar-refractivity contribution is -0.384. The summed E-state index contributed by atoms with van der Waals surface area (Å²) < 4.78 is 7.42. The normalized spacial score (nSPS) is 10.8. The van der Waals surface area contributed by atoms with E-state index < -0.39 is 4.92 Å². The minimum Gasteiger partial charge on any atom is -0.497 e. The Labute approximate surface area is 198 Å². The summed E-state index contributed by atoms with van der Waals surface area (Å²) in [7, 11) is 1.64. The number of carbonyl (C=O) groups is 1. The number of nitro benzene ring substituents is 1. The van der Waals surface area contributed by atoms with Crippen LogP contribution in [0.15, 0.2) is 60.8 Å². The molecule has 0 aliphatic carbocycles. The van der Waals surface area contributed by atoms with Crippen LogP contribution < -0.4 is 4.74 Å². The summed E-state index contributed by atoms with van der Waals surface area (Å²) in [6.45, 7) is 3.71. The fourth-order valence-electron chi connectivity index (χ4n) is 3.68. The summed E-state index contributed by atoms with van der Waals surface area (Å²) in [5, 5.41) is 11.3. The Kier molecular flexibility index (Phi) is 8.49. The number of hydrogen-bond donors (Lipinski definition) is 0. The van der Waals surface area contributed by atoms with E-state index in [-0.39, 0.29) is 22.2 Å². The Bertz CT molecular complexity index is 1110. The molecule has 0 radical (unpaired) electrons. The molecule has 0 atom stereocenters. The van der Waals surface area contributed by atoms with Crippen LogP contribution in [0.1, 0.15) is 47.8 Å². The maximum atomic E-state index is 13.3. The van der Waals surface area contributed by atoms with Gasteiger partial charge in [-0.3, -0.25) is 14.9 Å². The molecule has 0 saturated heterocycles. The highest BCUT2D eigenvalue weighted by Gasteiger charge is 2.21. The summed E-state index contributed by atoms with van der Waals surface area (Å²) in [6.07, 6.45) is 4.86. The molecule has 0 unspecified atom stereocenters. The van der Waals surface area contributed by atoms with Crippen molar-refractivity contribution in [2.24, 2.45) is 0 Å². The van der Waals surface area contributed by atoms with E-state index in [0.29, 0.717) is 19.6 Å². The third-order valence-corrected chi connectivity index (χ3v) is 5.79. The number of nitro groups is 1. The van der Waals surface area contributed by atoms with Gasteiger partial charge in [-0.05, 0) is 48.4 Å². The Hall–Kier alpha value is -3.32. The zero-order valence-electron chi connectivity index (χ0n) is 18.9. The molecular weight excluding hydrogens is 442 g/mol. The molecule has 3 aromatic rings. The second-order valence-electron chi connectivity index (χ2n) is 7.84. The third kappa shape index (κ3) is 6.35. The van der Waals surface area contributed by atoms with Crippen LogP contribution in [-0.2, 0) is 13.1 Å². The highest BCUT2D eigenvalue weighted by Crippen LogP contribution is 2.26. The molecule has 0 bridgehead atoms. The van der Waals surface area contributed by atoms with Crippen molar-refractivity contribution in [3.8, 4) is 5.75 Å². The Morgan fingerprint density at radius 2 is 1.97 bits per heavy atom. The maximum absolute atomic E-state index is 13.3. The highest BCUT2D eigenvalue weighted by atomic mass is 35.5. The predicted molar refractivity (Wildman–Crippen MR) is 129 cm³/mol. The predicted octanol–water partition coefficient (Wildman–Crippen LogP) is 5.94. The Morgan fingerprint density at radius 1 is 1.15 bits per heavy atom. The quantitative estimate of drug-likeness (QED) is 0.198. The van der Waals surface area contributed by atoms with Gasteiger partial charge in [0.15, 0.2) is 0 Å². The number of hydrogen-bond acceptors (Lipinski definition) is 4. The number of nitrogens with zero attached hydrogens (tertiary/aromatic N) is 3. The maximum Gasteiger partial charge on any atom is 0.288 e. The molecule has 8 heteroatoms. The van der Waals surface area contributed by atoms with E-state index in [2.05, 4.69) is 11.5 Å². The topological polar surface area (TPSA) is 77.6 Å². The van der Waals surface area contributed by atoms with Gasteiger partial charge in [-0.15, -0.1) is 0 Å². The summed E-state index contributed by atoms with van der Waals surface area (Å²) >= 11 is 5.93. The first-order valence-electron chi connectivity index (χ1n) is 10.9. The van der Waals surface area contributed by atoms with Crippen molar-refractivity contribution in [3.63, 3.8) is 0 Å². The van der Waals surface area contributed by atoms with Crippen molar-refractivity contribution in [2.45, 2.75) is 39.3 Å². The second-order valence-corrected chi connectivity index (χ2v) is 8.24. The summed E-state index contributed by atoms with van der Waals surface area (Å²) in [6, 6.07) is 16.0. The molecule has 0 saturated carbocycles. The van der Waals surface area contributed by atoms with E-state index in [9.17, 15) is 14.9 Å². The van der Waals surface area contributed by atoms with Gasteiger partial charge in [0.2, 0.25) is 0 Å². The van der Waals surface area contributed by atoms with Gasteiger partial charge in [-0.1, -0.05) is 43.5 Å². The van der Waals surface area contributed by atoms with E-state index in [4.69, 9.17) is 16.3 Å². The molecule has 0 spiro atoms. The lowest BCUT2D eigenvalue weighted by atomic mass is 10.1. The molecule has 1 aromatic heterocycles. The van der Waals surface area contributed by atoms with Crippen molar-refractivity contribution in [1.82, 2.24) is 9.47 Å². The van der Waals surface area contributed by atoms with Crippen LogP contribution in [-0.4, -0.2) is 34.0 Å². The smallest absolute Gasteiger partial charge is 0.288 e. The zero-order chi connectivity index (χ0) is 23.8. The minimum atomic E-state index is -0.570. The van der Waals surface area contributed by atoms with Gasteiger partial charge in [0, 0.05) is 36.6 Å². The van der Waals surface area contributed by atoms with Crippen molar-refractivity contribution >= 4 is 23.2 Å². The number of ether oxygens (including phenoxy) is 1. The molecule has 33 heavy (non-hydrogen) atoms. The molecule has 0 aliphatic heterocycles. The van der Waals surface area contributed by atoms with Gasteiger partial charge in [-0.25, -0.2) is 0 Å².